The number of nitrogens with zero attached hydrogens (tertiary/aromatic N) is 5. The van der Waals surface area contributed by atoms with Crippen LogP contribution in [-0.2, 0) is 4.79 Å². The van der Waals surface area contributed by atoms with Crippen LogP contribution < -0.4 is 4.90 Å². The van der Waals surface area contributed by atoms with Gasteiger partial charge >= 0.3 is 5.97 Å². The van der Waals surface area contributed by atoms with E-state index in [1.165, 1.54) is 6.33 Å². The predicted molar refractivity (Wildman–Crippen MR) is 75.3 cm³/mol. The van der Waals surface area contributed by atoms with Gasteiger partial charge in [-0.25, -0.2) is 4.98 Å². The van der Waals surface area contributed by atoms with Crippen LogP contribution in [0.4, 0.5) is 5.82 Å². The van der Waals surface area contributed by atoms with Crippen molar-refractivity contribution in [3.8, 4) is 0 Å². The Labute approximate surface area is 122 Å². The molecule has 8 heteroatoms. The van der Waals surface area contributed by atoms with Gasteiger partial charge in [0.05, 0.1) is 5.92 Å². The number of piperidine rings is 1. The maximum absolute atomic E-state index is 11.0. The number of carbonyl (C=O) groups is 1. The van der Waals surface area contributed by atoms with Gasteiger partial charge in [-0.15, -0.1) is 12.4 Å². The van der Waals surface area contributed by atoms with Crippen molar-refractivity contribution >= 4 is 30.0 Å². The number of hydrogen-bond donors (Lipinski definition) is 1. The quantitative estimate of drug-likeness (QED) is 0.895. The molecule has 1 aliphatic rings. The molecule has 0 saturated carbocycles. The van der Waals surface area contributed by atoms with Crippen LogP contribution in [0.5, 0.6) is 0 Å². The third-order valence-corrected chi connectivity index (χ3v) is 3.53. The fourth-order valence-corrected chi connectivity index (χ4v) is 2.49. The van der Waals surface area contributed by atoms with Gasteiger partial charge in [-0.3, -0.25) is 4.79 Å². The van der Waals surface area contributed by atoms with Crippen molar-refractivity contribution in [3.05, 3.63) is 18.1 Å². The fraction of sp³-hybridized carbons (Fsp3) is 0.500. The van der Waals surface area contributed by atoms with Gasteiger partial charge in [0.2, 0.25) is 0 Å². The summed E-state index contributed by atoms with van der Waals surface area (Å²) in [5, 5.41) is 13.2. The van der Waals surface area contributed by atoms with Gasteiger partial charge in [0, 0.05) is 24.8 Å². The Hall–Kier alpha value is -1.89. The van der Waals surface area contributed by atoms with Crippen molar-refractivity contribution in [1.29, 1.82) is 0 Å². The van der Waals surface area contributed by atoms with Crippen molar-refractivity contribution in [2.75, 3.05) is 18.0 Å². The number of aryl methyl sites for hydroxylation is 1. The number of fused-ring (bicyclic) bond motifs is 1. The monoisotopic (exact) mass is 297 g/mol. The first-order valence-electron chi connectivity index (χ1n) is 6.30. The number of hydrogen-bond acceptors (Lipinski definition) is 5. The summed E-state index contributed by atoms with van der Waals surface area (Å²) < 4.78 is 1.70. The molecule has 1 saturated heterocycles. The molecule has 1 aliphatic heterocycles. The topological polar surface area (TPSA) is 83.6 Å². The lowest BCUT2D eigenvalue weighted by Gasteiger charge is -2.31. The maximum Gasteiger partial charge on any atom is 0.306 e. The Morgan fingerprint density at radius 2 is 2.10 bits per heavy atom. The Bertz CT molecular complexity index is 621. The first-order valence-corrected chi connectivity index (χ1v) is 6.30. The summed E-state index contributed by atoms with van der Waals surface area (Å²) in [6.07, 6.45) is 2.80. The molecule has 7 nitrogen and oxygen atoms in total. The fourth-order valence-electron chi connectivity index (χ4n) is 2.49. The molecular formula is C12H16ClN5O2. The number of carboxylic acids is 1. The Kier molecular flexibility index (Phi) is 4.08. The summed E-state index contributed by atoms with van der Waals surface area (Å²) in [5.74, 6) is 0.584. The summed E-state index contributed by atoms with van der Waals surface area (Å²) in [5.41, 5.74) is 0.885. The summed E-state index contributed by atoms with van der Waals surface area (Å²) in [7, 11) is 0. The molecule has 3 rings (SSSR count). The molecule has 0 aromatic carbocycles. The second kappa shape index (κ2) is 5.62. The number of anilines is 1. The highest BCUT2D eigenvalue weighted by atomic mass is 35.5. The van der Waals surface area contributed by atoms with E-state index in [-0.39, 0.29) is 18.3 Å². The van der Waals surface area contributed by atoms with Gasteiger partial charge in [-0.1, -0.05) is 0 Å². The highest BCUT2D eigenvalue weighted by Crippen LogP contribution is 2.23. The molecule has 20 heavy (non-hydrogen) atoms. The van der Waals surface area contributed by atoms with Crippen LogP contribution in [0.25, 0.3) is 5.78 Å². The molecule has 3 heterocycles. The molecule has 1 fully saturated rings. The molecule has 0 aliphatic carbocycles. The average Bonchev–Trinajstić information content (AvgIpc) is 2.85. The van der Waals surface area contributed by atoms with Crippen molar-refractivity contribution in [1.82, 2.24) is 19.6 Å². The van der Waals surface area contributed by atoms with Gasteiger partial charge in [-0.2, -0.15) is 14.6 Å². The average molecular weight is 298 g/mol. The minimum atomic E-state index is -0.698. The van der Waals surface area contributed by atoms with Gasteiger partial charge < -0.3 is 10.0 Å². The molecule has 0 atom stereocenters. The smallest absolute Gasteiger partial charge is 0.306 e. The lowest BCUT2D eigenvalue weighted by Crippen LogP contribution is -2.37. The van der Waals surface area contributed by atoms with E-state index >= 15 is 0 Å². The third kappa shape index (κ3) is 2.53. The van der Waals surface area contributed by atoms with Crippen LogP contribution in [0.2, 0.25) is 0 Å². The van der Waals surface area contributed by atoms with Gasteiger partial charge in [0.15, 0.2) is 0 Å². The van der Waals surface area contributed by atoms with Crippen molar-refractivity contribution in [3.63, 3.8) is 0 Å². The van der Waals surface area contributed by atoms with E-state index in [0.717, 1.165) is 24.6 Å². The highest BCUT2D eigenvalue weighted by Gasteiger charge is 2.26. The highest BCUT2D eigenvalue weighted by molar-refractivity contribution is 5.85. The molecule has 2 aromatic rings. The van der Waals surface area contributed by atoms with Crippen LogP contribution in [0.3, 0.4) is 0 Å². The zero-order valence-corrected chi connectivity index (χ0v) is 11.9. The zero-order chi connectivity index (χ0) is 13.4. The summed E-state index contributed by atoms with van der Waals surface area (Å²) in [6, 6.07) is 1.96. The molecule has 1 N–H and O–H groups in total. The Balaban J connectivity index is 0.00000147. The van der Waals surface area contributed by atoms with E-state index in [9.17, 15) is 4.79 Å². The van der Waals surface area contributed by atoms with E-state index in [1.54, 1.807) is 4.52 Å². The van der Waals surface area contributed by atoms with Crippen LogP contribution in [0.1, 0.15) is 18.5 Å². The minimum Gasteiger partial charge on any atom is -0.481 e. The van der Waals surface area contributed by atoms with Gasteiger partial charge in [-0.05, 0) is 19.8 Å². The molecule has 2 aromatic heterocycles. The number of halogens is 1. The van der Waals surface area contributed by atoms with Crippen molar-refractivity contribution in [2.24, 2.45) is 5.92 Å². The standard InChI is InChI=1S/C12H15N5O2.ClH/c1-8-6-10(17-12(15-8)13-7-14-17)16-4-2-9(3-5-16)11(18)19;/h6-7,9H,2-5H2,1H3,(H,18,19);1H. The number of aromatic nitrogens is 4. The molecule has 0 amide bonds. The second-order valence-electron chi connectivity index (χ2n) is 4.83. The SMILES string of the molecule is Cc1cc(N2CCC(C(=O)O)CC2)n2ncnc2n1.Cl. The Morgan fingerprint density at radius 3 is 2.75 bits per heavy atom. The number of rotatable bonds is 2. The zero-order valence-electron chi connectivity index (χ0n) is 11.1. The maximum atomic E-state index is 11.0. The second-order valence-corrected chi connectivity index (χ2v) is 4.83. The van der Waals surface area contributed by atoms with E-state index in [0.29, 0.717) is 18.6 Å². The summed E-state index contributed by atoms with van der Waals surface area (Å²) in [6.45, 7) is 3.35. The van der Waals surface area contributed by atoms with E-state index in [2.05, 4.69) is 20.0 Å². The van der Waals surface area contributed by atoms with Crippen LogP contribution in [-0.4, -0.2) is 43.7 Å². The predicted octanol–water partition coefficient (Wildman–Crippen LogP) is 1.16. The Morgan fingerprint density at radius 1 is 1.40 bits per heavy atom. The number of aliphatic carboxylic acids is 1. The van der Waals surface area contributed by atoms with Gasteiger partial charge in [0.25, 0.3) is 5.78 Å². The molecular weight excluding hydrogens is 282 g/mol. The van der Waals surface area contributed by atoms with E-state index < -0.39 is 5.97 Å². The minimum absolute atomic E-state index is 0. The van der Waals surface area contributed by atoms with Crippen LogP contribution in [0, 0.1) is 12.8 Å². The molecule has 0 unspecified atom stereocenters. The molecule has 0 spiro atoms. The van der Waals surface area contributed by atoms with E-state index in [4.69, 9.17) is 5.11 Å². The number of carboxylic acid groups (broad SMARTS) is 1. The normalized spacial score (nSPS) is 16.1. The first kappa shape index (κ1) is 14.5. The largest absolute Gasteiger partial charge is 0.481 e. The molecule has 0 radical (unpaired) electrons. The van der Waals surface area contributed by atoms with Crippen molar-refractivity contribution in [2.45, 2.75) is 19.8 Å². The molecule has 0 bridgehead atoms. The first-order chi connectivity index (χ1) is 9.15. The summed E-state index contributed by atoms with van der Waals surface area (Å²) in [4.78, 5) is 21.5. The van der Waals surface area contributed by atoms with E-state index in [1.807, 2.05) is 13.0 Å². The van der Waals surface area contributed by atoms with Crippen LogP contribution in [0.15, 0.2) is 12.4 Å². The third-order valence-electron chi connectivity index (χ3n) is 3.53. The summed E-state index contributed by atoms with van der Waals surface area (Å²) >= 11 is 0. The van der Waals surface area contributed by atoms with Crippen molar-refractivity contribution < 1.29 is 9.90 Å². The van der Waals surface area contributed by atoms with Crippen LogP contribution >= 0.6 is 12.4 Å². The molecule has 108 valence electrons. The lowest BCUT2D eigenvalue weighted by atomic mass is 9.97. The lowest BCUT2D eigenvalue weighted by molar-refractivity contribution is -0.142. The van der Waals surface area contributed by atoms with Gasteiger partial charge in [0.1, 0.15) is 12.1 Å².